The second-order valence-electron chi connectivity index (χ2n) is 4.33. The molecule has 0 aromatic heterocycles. The number of nitro groups is 1. The largest absolute Gasteiger partial charge is 0.308 e. The minimum absolute atomic E-state index is 0.0340. The van der Waals surface area contributed by atoms with E-state index in [0.29, 0.717) is 17.1 Å². The first kappa shape index (κ1) is 15.9. The van der Waals surface area contributed by atoms with Gasteiger partial charge in [-0.2, -0.15) is 0 Å². The molecule has 0 fully saturated rings. The second-order valence-corrected chi connectivity index (χ2v) is 5.60. The molecule has 0 radical (unpaired) electrons. The van der Waals surface area contributed by atoms with Gasteiger partial charge in [0.2, 0.25) is 0 Å². The molecule has 7 heteroatoms. The Bertz CT molecular complexity index is 682. The van der Waals surface area contributed by atoms with Crippen LogP contribution in [0.3, 0.4) is 0 Å². The normalized spacial score (nSPS) is 10.6. The summed E-state index contributed by atoms with van der Waals surface area (Å²) >= 11 is 9.33. The molecule has 2 rings (SSSR count). The molecular formula is C14H11BrClFN2O2. The number of rotatable bonds is 5. The minimum atomic E-state index is -0.471. The van der Waals surface area contributed by atoms with Gasteiger partial charge in [-0.25, -0.2) is 4.39 Å². The highest BCUT2D eigenvalue weighted by Crippen LogP contribution is 2.26. The molecule has 4 nitrogen and oxygen atoms in total. The molecule has 0 amide bonds. The highest BCUT2D eigenvalue weighted by molar-refractivity contribution is 9.10. The van der Waals surface area contributed by atoms with Gasteiger partial charge in [0.1, 0.15) is 5.82 Å². The van der Waals surface area contributed by atoms with Crippen molar-refractivity contribution in [2.75, 3.05) is 0 Å². The Morgan fingerprint density at radius 3 is 2.76 bits per heavy atom. The molecule has 0 unspecified atom stereocenters. The van der Waals surface area contributed by atoms with Crippen molar-refractivity contribution in [1.82, 2.24) is 5.32 Å². The third-order valence-electron chi connectivity index (χ3n) is 2.92. The fourth-order valence-electron chi connectivity index (χ4n) is 1.89. The Balaban J connectivity index is 2.10. The Morgan fingerprint density at radius 2 is 2.05 bits per heavy atom. The first-order valence-electron chi connectivity index (χ1n) is 6.05. The lowest BCUT2D eigenvalue weighted by atomic mass is 10.1. The minimum Gasteiger partial charge on any atom is -0.308 e. The summed E-state index contributed by atoms with van der Waals surface area (Å²) in [7, 11) is 0. The Kier molecular flexibility index (Phi) is 5.27. The lowest BCUT2D eigenvalue weighted by Crippen LogP contribution is -2.14. The number of nitro benzene ring substituents is 1. The van der Waals surface area contributed by atoms with Gasteiger partial charge in [0.15, 0.2) is 0 Å². The molecule has 0 heterocycles. The van der Waals surface area contributed by atoms with Crippen molar-refractivity contribution >= 4 is 33.2 Å². The Hall–Kier alpha value is -1.50. The van der Waals surface area contributed by atoms with Gasteiger partial charge < -0.3 is 5.32 Å². The summed E-state index contributed by atoms with van der Waals surface area (Å²) in [5, 5.41) is 14.3. The van der Waals surface area contributed by atoms with Crippen molar-refractivity contribution in [1.29, 1.82) is 0 Å². The molecule has 0 aliphatic carbocycles. The third-order valence-corrected chi connectivity index (χ3v) is 4.04. The Labute approximate surface area is 134 Å². The maximum Gasteiger partial charge on any atom is 0.275 e. The van der Waals surface area contributed by atoms with Gasteiger partial charge in [0.25, 0.3) is 5.69 Å². The number of nitrogens with zero attached hydrogens (tertiary/aromatic N) is 1. The lowest BCUT2D eigenvalue weighted by Gasteiger charge is -2.09. The van der Waals surface area contributed by atoms with Gasteiger partial charge in [-0.05, 0) is 29.8 Å². The van der Waals surface area contributed by atoms with E-state index >= 15 is 0 Å². The summed E-state index contributed by atoms with van der Waals surface area (Å²) in [4.78, 5) is 10.5. The summed E-state index contributed by atoms with van der Waals surface area (Å²) < 4.78 is 13.9. The van der Waals surface area contributed by atoms with Crippen LogP contribution in [0.2, 0.25) is 5.02 Å². The summed E-state index contributed by atoms with van der Waals surface area (Å²) in [6, 6.07) is 8.91. The van der Waals surface area contributed by atoms with Crippen LogP contribution in [0.1, 0.15) is 11.1 Å². The van der Waals surface area contributed by atoms with Gasteiger partial charge >= 0.3 is 0 Å². The predicted octanol–water partition coefficient (Wildman–Crippen LogP) is 4.44. The zero-order valence-electron chi connectivity index (χ0n) is 10.8. The zero-order valence-corrected chi connectivity index (χ0v) is 13.1. The van der Waals surface area contributed by atoms with Gasteiger partial charge in [-0.15, -0.1) is 0 Å². The molecule has 0 saturated heterocycles. The molecule has 0 atom stereocenters. The summed E-state index contributed by atoms with van der Waals surface area (Å²) in [6.45, 7) is 0.583. The number of hydrogen-bond donors (Lipinski definition) is 1. The molecule has 110 valence electrons. The van der Waals surface area contributed by atoms with E-state index < -0.39 is 4.92 Å². The lowest BCUT2D eigenvalue weighted by molar-refractivity contribution is -0.385. The van der Waals surface area contributed by atoms with Crippen LogP contribution in [0.4, 0.5) is 10.1 Å². The average molecular weight is 374 g/mol. The molecule has 21 heavy (non-hydrogen) atoms. The van der Waals surface area contributed by atoms with Crippen LogP contribution in [-0.4, -0.2) is 4.92 Å². The summed E-state index contributed by atoms with van der Waals surface area (Å²) in [5.74, 6) is -0.335. The summed E-state index contributed by atoms with van der Waals surface area (Å²) in [5.41, 5.74) is 1.11. The molecule has 1 N–H and O–H groups in total. The van der Waals surface area contributed by atoms with Crippen molar-refractivity contribution in [3.63, 3.8) is 0 Å². The van der Waals surface area contributed by atoms with Gasteiger partial charge in [-0.1, -0.05) is 33.6 Å². The number of hydrogen-bond acceptors (Lipinski definition) is 3. The van der Waals surface area contributed by atoms with Gasteiger partial charge in [0, 0.05) is 23.6 Å². The first-order chi connectivity index (χ1) is 9.99. The number of benzene rings is 2. The van der Waals surface area contributed by atoms with Crippen LogP contribution in [0.25, 0.3) is 0 Å². The molecular weight excluding hydrogens is 363 g/mol. The molecule has 0 aliphatic rings. The van der Waals surface area contributed by atoms with E-state index in [1.54, 1.807) is 12.1 Å². The Morgan fingerprint density at radius 1 is 1.29 bits per heavy atom. The smallest absolute Gasteiger partial charge is 0.275 e. The first-order valence-corrected chi connectivity index (χ1v) is 7.22. The van der Waals surface area contributed by atoms with Crippen LogP contribution in [0.15, 0.2) is 40.9 Å². The van der Waals surface area contributed by atoms with Crippen LogP contribution in [0, 0.1) is 15.9 Å². The summed E-state index contributed by atoms with van der Waals surface area (Å²) in [6.07, 6.45) is 0. The molecule has 0 spiro atoms. The van der Waals surface area contributed by atoms with E-state index in [9.17, 15) is 14.5 Å². The number of halogens is 3. The van der Waals surface area contributed by atoms with Gasteiger partial charge in [-0.3, -0.25) is 10.1 Å². The standard InChI is InChI=1S/C14H11BrClFN2O2/c15-12-5-4-10(17)6-9(12)7-18-8-11-13(16)2-1-3-14(11)19(20)21/h1-6,18H,7-8H2. The molecule has 2 aromatic carbocycles. The quantitative estimate of drug-likeness (QED) is 0.623. The van der Waals surface area contributed by atoms with Crippen molar-refractivity contribution in [3.05, 3.63) is 73.0 Å². The van der Waals surface area contributed by atoms with E-state index in [0.717, 1.165) is 10.0 Å². The fraction of sp³-hybridized carbons (Fsp3) is 0.143. The molecule has 0 bridgehead atoms. The maximum atomic E-state index is 13.2. The van der Waals surface area contributed by atoms with E-state index in [-0.39, 0.29) is 18.0 Å². The van der Waals surface area contributed by atoms with Crippen LogP contribution in [-0.2, 0) is 13.1 Å². The van der Waals surface area contributed by atoms with Crippen molar-refractivity contribution < 1.29 is 9.31 Å². The van der Waals surface area contributed by atoms with Crippen LogP contribution >= 0.6 is 27.5 Å². The fourth-order valence-corrected chi connectivity index (χ4v) is 2.52. The third kappa shape index (κ3) is 4.00. The van der Waals surface area contributed by atoms with Crippen LogP contribution < -0.4 is 5.32 Å². The van der Waals surface area contributed by atoms with Gasteiger partial charge in [0.05, 0.1) is 15.5 Å². The van der Waals surface area contributed by atoms with Crippen molar-refractivity contribution in [2.45, 2.75) is 13.1 Å². The number of nitrogens with one attached hydrogen (secondary N) is 1. The highest BCUT2D eigenvalue weighted by Gasteiger charge is 2.16. The van der Waals surface area contributed by atoms with E-state index in [1.165, 1.54) is 24.3 Å². The maximum absolute atomic E-state index is 13.2. The molecule has 0 saturated carbocycles. The molecule has 2 aromatic rings. The van der Waals surface area contributed by atoms with Crippen molar-refractivity contribution in [2.24, 2.45) is 0 Å². The zero-order chi connectivity index (χ0) is 15.4. The van der Waals surface area contributed by atoms with E-state index in [2.05, 4.69) is 21.2 Å². The van der Waals surface area contributed by atoms with E-state index in [4.69, 9.17) is 11.6 Å². The highest BCUT2D eigenvalue weighted by atomic mass is 79.9. The molecule has 0 aliphatic heterocycles. The van der Waals surface area contributed by atoms with E-state index in [1.807, 2.05) is 0 Å². The SMILES string of the molecule is O=[N+]([O-])c1cccc(Cl)c1CNCc1cc(F)ccc1Br. The average Bonchev–Trinajstić information content (AvgIpc) is 2.44. The van der Waals surface area contributed by atoms with Crippen LogP contribution in [0.5, 0.6) is 0 Å². The van der Waals surface area contributed by atoms with Crippen molar-refractivity contribution in [3.8, 4) is 0 Å². The predicted molar refractivity (Wildman–Crippen MR) is 82.8 cm³/mol. The second kappa shape index (κ2) is 6.98. The topological polar surface area (TPSA) is 55.2 Å². The monoisotopic (exact) mass is 372 g/mol.